The molecule has 0 aromatic carbocycles. The summed E-state index contributed by atoms with van der Waals surface area (Å²) in [4.78, 5) is 22.5. The lowest BCUT2D eigenvalue weighted by atomic mass is 10.1. The summed E-state index contributed by atoms with van der Waals surface area (Å²) >= 11 is 0. The normalized spacial score (nSPS) is 11.3. The fourth-order valence-electron chi connectivity index (χ4n) is 3.62. The first-order valence-electron chi connectivity index (χ1n) is 10.7. The van der Waals surface area contributed by atoms with Crippen LogP contribution in [0.5, 0.6) is 5.88 Å². The number of hydrogen-bond donors (Lipinski definition) is 1. The lowest BCUT2D eigenvalue weighted by Crippen LogP contribution is -2.15. The number of nitrogens with zero attached hydrogens (tertiary/aromatic N) is 4. The van der Waals surface area contributed by atoms with Crippen molar-refractivity contribution in [3.05, 3.63) is 53.7 Å². The third-order valence-electron chi connectivity index (χ3n) is 5.16. The Morgan fingerprint density at radius 1 is 1.24 bits per heavy atom. The number of furan rings is 1. The van der Waals surface area contributed by atoms with Crippen molar-refractivity contribution in [1.29, 1.82) is 0 Å². The molecular weight excluding hydrogens is 422 g/mol. The van der Waals surface area contributed by atoms with Crippen molar-refractivity contribution < 1.29 is 18.7 Å². The molecule has 0 aliphatic heterocycles. The van der Waals surface area contributed by atoms with Gasteiger partial charge < -0.3 is 19.2 Å². The second-order valence-electron chi connectivity index (χ2n) is 7.95. The second kappa shape index (κ2) is 9.41. The van der Waals surface area contributed by atoms with Crippen molar-refractivity contribution in [3.8, 4) is 17.1 Å². The van der Waals surface area contributed by atoms with E-state index >= 15 is 0 Å². The first-order valence-corrected chi connectivity index (χ1v) is 10.7. The molecule has 0 aliphatic rings. The lowest BCUT2D eigenvalue weighted by Gasteiger charge is -2.13. The first kappa shape index (κ1) is 22.5. The molecule has 0 atom stereocenters. The molecular formula is C24H27N5O4. The largest absolute Gasteiger partial charge is 0.474 e. The lowest BCUT2D eigenvalue weighted by molar-refractivity contribution is 0.102. The minimum atomic E-state index is -0.311. The number of pyridine rings is 2. The van der Waals surface area contributed by atoms with Crippen LogP contribution in [0, 0.1) is 13.8 Å². The maximum Gasteiger partial charge on any atom is 0.256 e. The molecule has 9 nitrogen and oxygen atoms in total. The molecule has 33 heavy (non-hydrogen) atoms. The molecule has 0 unspecified atom stereocenters. The van der Waals surface area contributed by atoms with Gasteiger partial charge in [-0.2, -0.15) is 5.10 Å². The summed E-state index contributed by atoms with van der Waals surface area (Å²) in [5.74, 6) is 1.53. The van der Waals surface area contributed by atoms with Crippen LogP contribution >= 0.6 is 0 Å². The maximum atomic E-state index is 13.5. The molecule has 0 saturated carbocycles. The smallest absolute Gasteiger partial charge is 0.256 e. The number of aromatic nitrogens is 4. The summed E-state index contributed by atoms with van der Waals surface area (Å²) < 4.78 is 18.2. The molecule has 4 aromatic rings. The summed E-state index contributed by atoms with van der Waals surface area (Å²) in [5.41, 5.74) is 3.04. The van der Waals surface area contributed by atoms with Gasteiger partial charge in [-0.1, -0.05) is 0 Å². The predicted molar refractivity (Wildman–Crippen MR) is 125 cm³/mol. The minimum absolute atomic E-state index is 0.0763. The summed E-state index contributed by atoms with van der Waals surface area (Å²) in [6, 6.07) is 7.24. The van der Waals surface area contributed by atoms with Gasteiger partial charge in [0.15, 0.2) is 5.65 Å². The number of ether oxygens (including phenoxy) is 2. The van der Waals surface area contributed by atoms with Crippen molar-refractivity contribution >= 4 is 22.6 Å². The van der Waals surface area contributed by atoms with E-state index in [4.69, 9.17) is 18.9 Å². The van der Waals surface area contributed by atoms with Gasteiger partial charge in [-0.15, -0.1) is 0 Å². The van der Waals surface area contributed by atoms with Gasteiger partial charge in [-0.3, -0.25) is 4.79 Å². The highest BCUT2D eigenvalue weighted by molar-refractivity contribution is 6.13. The van der Waals surface area contributed by atoms with Gasteiger partial charge in [-0.25, -0.2) is 14.6 Å². The third-order valence-corrected chi connectivity index (χ3v) is 5.16. The van der Waals surface area contributed by atoms with E-state index in [9.17, 15) is 4.79 Å². The van der Waals surface area contributed by atoms with Crippen LogP contribution in [0.3, 0.4) is 0 Å². The Balaban J connectivity index is 1.77. The SMILES string of the molecule is COCCOc1ncccc1NC(=O)c1cc(-c2cc(C)oc2C)nc2c1cnn2C(C)C. The highest BCUT2D eigenvalue weighted by Gasteiger charge is 2.21. The van der Waals surface area contributed by atoms with Crippen LogP contribution in [0.2, 0.25) is 0 Å². The maximum absolute atomic E-state index is 13.5. The van der Waals surface area contributed by atoms with Gasteiger partial charge in [0.2, 0.25) is 5.88 Å². The second-order valence-corrected chi connectivity index (χ2v) is 7.95. The molecule has 1 N–H and O–H groups in total. The fraction of sp³-hybridized carbons (Fsp3) is 0.333. The van der Waals surface area contributed by atoms with E-state index in [1.54, 1.807) is 42.4 Å². The molecule has 4 rings (SSSR count). The highest BCUT2D eigenvalue weighted by Crippen LogP contribution is 2.31. The van der Waals surface area contributed by atoms with E-state index in [1.165, 1.54) is 0 Å². The number of carbonyl (C=O) groups is 1. The van der Waals surface area contributed by atoms with Gasteiger partial charge in [0.1, 0.15) is 23.8 Å². The highest BCUT2D eigenvalue weighted by atomic mass is 16.5. The van der Waals surface area contributed by atoms with Gasteiger partial charge in [0, 0.05) is 24.9 Å². The summed E-state index contributed by atoms with van der Waals surface area (Å²) in [5, 5.41) is 8.06. The van der Waals surface area contributed by atoms with Crippen molar-refractivity contribution in [1.82, 2.24) is 19.7 Å². The van der Waals surface area contributed by atoms with Crippen molar-refractivity contribution in [2.45, 2.75) is 33.7 Å². The zero-order valence-electron chi connectivity index (χ0n) is 19.4. The average Bonchev–Trinajstić information content (AvgIpc) is 3.36. The molecule has 0 fully saturated rings. The molecule has 172 valence electrons. The number of amides is 1. The van der Waals surface area contributed by atoms with Crippen molar-refractivity contribution in [2.75, 3.05) is 25.6 Å². The zero-order chi connectivity index (χ0) is 23.5. The molecule has 4 heterocycles. The topological polar surface area (TPSA) is 104 Å². The van der Waals surface area contributed by atoms with Crippen molar-refractivity contribution in [2.24, 2.45) is 0 Å². The monoisotopic (exact) mass is 449 g/mol. The van der Waals surface area contributed by atoms with E-state index in [1.807, 2.05) is 33.8 Å². The van der Waals surface area contributed by atoms with Crippen LogP contribution in [0.4, 0.5) is 5.69 Å². The number of hydrogen-bond acceptors (Lipinski definition) is 7. The van der Waals surface area contributed by atoms with Crippen LogP contribution in [-0.4, -0.2) is 46.0 Å². The third kappa shape index (κ3) is 4.58. The van der Waals surface area contributed by atoms with Crippen LogP contribution in [-0.2, 0) is 4.74 Å². The summed E-state index contributed by atoms with van der Waals surface area (Å²) in [7, 11) is 1.59. The fourth-order valence-corrected chi connectivity index (χ4v) is 3.62. The molecule has 1 amide bonds. The van der Waals surface area contributed by atoms with E-state index in [-0.39, 0.29) is 11.9 Å². The van der Waals surface area contributed by atoms with Gasteiger partial charge >= 0.3 is 0 Å². The Hall–Kier alpha value is -3.72. The van der Waals surface area contributed by atoms with E-state index in [2.05, 4.69) is 15.4 Å². The number of aryl methyl sites for hydroxylation is 2. The number of carbonyl (C=O) groups excluding carboxylic acids is 1. The Kier molecular flexibility index (Phi) is 6.41. The quantitative estimate of drug-likeness (QED) is 0.393. The van der Waals surface area contributed by atoms with E-state index in [0.717, 1.165) is 17.1 Å². The number of nitrogens with one attached hydrogen (secondary N) is 1. The zero-order valence-corrected chi connectivity index (χ0v) is 19.4. The predicted octanol–water partition coefficient (Wildman–Crippen LogP) is 4.56. The van der Waals surface area contributed by atoms with E-state index < -0.39 is 0 Å². The Morgan fingerprint density at radius 2 is 2.06 bits per heavy atom. The molecule has 0 aliphatic carbocycles. The number of methoxy groups -OCH3 is 1. The Morgan fingerprint density at radius 3 is 2.76 bits per heavy atom. The first-order chi connectivity index (χ1) is 15.9. The van der Waals surface area contributed by atoms with Crippen LogP contribution in [0.1, 0.15) is 41.8 Å². The number of anilines is 1. The van der Waals surface area contributed by atoms with E-state index in [0.29, 0.717) is 47.1 Å². The Labute approximate surface area is 191 Å². The van der Waals surface area contributed by atoms with Gasteiger partial charge in [0.05, 0.1) is 29.4 Å². The molecule has 0 saturated heterocycles. The molecule has 0 radical (unpaired) electrons. The Bertz CT molecular complexity index is 1290. The van der Waals surface area contributed by atoms with Crippen LogP contribution in [0.15, 0.2) is 41.1 Å². The van der Waals surface area contributed by atoms with Gasteiger partial charge in [-0.05, 0) is 52.0 Å². The summed E-state index contributed by atoms with van der Waals surface area (Å²) in [6.45, 7) is 8.54. The van der Waals surface area contributed by atoms with Crippen molar-refractivity contribution in [3.63, 3.8) is 0 Å². The molecule has 9 heteroatoms. The molecule has 0 spiro atoms. The number of fused-ring (bicyclic) bond motifs is 1. The standard InChI is InChI=1S/C24H27N5O4/c1-14(2)29-22-19(13-26-29)18(12-21(27-22)17-11-15(3)33-16(17)4)23(30)28-20-7-6-8-25-24(20)32-10-9-31-5/h6-8,11-14H,9-10H2,1-5H3,(H,28,30). The average molecular weight is 450 g/mol. The number of rotatable bonds is 8. The van der Waals surface area contributed by atoms with Crippen LogP contribution < -0.4 is 10.1 Å². The molecule has 4 aromatic heterocycles. The van der Waals surface area contributed by atoms with Crippen LogP contribution in [0.25, 0.3) is 22.3 Å². The minimum Gasteiger partial charge on any atom is -0.474 e. The van der Waals surface area contributed by atoms with Gasteiger partial charge in [0.25, 0.3) is 5.91 Å². The molecule has 0 bridgehead atoms. The summed E-state index contributed by atoms with van der Waals surface area (Å²) in [6.07, 6.45) is 3.28.